The van der Waals surface area contributed by atoms with E-state index in [0.717, 1.165) is 22.7 Å². The number of hydrogen-bond donors (Lipinski definition) is 0. The average Bonchev–Trinajstić information content (AvgIpc) is 1.57. The van der Waals surface area contributed by atoms with Crippen LogP contribution in [0.3, 0.4) is 0 Å². The Balaban J connectivity index is 0.000000140. The van der Waals surface area contributed by atoms with Crippen LogP contribution < -0.4 is 0 Å². The van der Waals surface area contributed by atoms with Crippen molar-refractivity contribution < 1.29 is 0 Å². The van der Waals surface area contributed by atoms with E-state index >= 15 is 0 Å². The lowest BCUT2D eigenvalue weighted by Gasteiger charge is -2.16. The second kappa shape index (κ2) is 35.3. The Morgan fingerprint density at radius 3 is 0.568 bits per heavy atom. The summed E-state index contributed by atoms with van der Waals surface area (Å²) in [5.74, 6) is 0. The minimum absolute atomic E-state index is 1.13. The van der Waals surface area contributed by atoms with Crippen molar-refractivity contribution in [3.8, 4) is 134 Å². The summed E-state index contributed by atoms with van der Waals surface area (Å²) in [6.45, 7) is 0. The molecule has 0 spiro atoms. The lowest BCUT2D eigenvalue weighted by molar-refractivity contribution is 1.18. The van der Waals surface area contributed by atoms with Crippen LogP contribution in [-0.2, 0) is 0 Å². The van der Waals surface area contributed by atoms with Crippen LogP contribution in [0.2, 0.25) is 0 Å². The first kappa shape index (κ1) is 85.3. The highest BCUT2D eigenvalue weighted by Gasteiger charge is 2.25. The molecule has 0 N–H and O–H groups in total. The topological polar surface area (TPSA) is 19.7 Å². The van der Waals surface area contributed by atoms with Crippen molar-refractivity contribution in [2.45, 2.75) is 0 Å². The van der Waals surface area contributed by atoms with Crippen LogP contribution in [0.15, 0.2) is 558 Å². The predicted octanol–water partition coefficient (Wildman–Crippen LogP) is 39.4. The minimum atomic E-state index is 1.13. The zero-order valence-corrected chi connectivity index (χ0v) is 80.9. The Morgan fingerprint density at radius 1 is 0.0946 bits per heavy atom. The number of para-hydroxylation sites is 2. The van der Waals surface area contributed by atoms with Crippen LogP contribution in [0.1, 0.15) is 0 Å². The molecule has 688 valence electrons. The van der Waals surface area contributed by atoms with E-state index in [1.807, 2.05) is 0 Å². The zero-order chi connectivity index (χ0) is 97.4. The standard InChI is InChI=1S/C76H48N2.C68H44N2/c1-5-21-59-49(15-1)19-13-29-63(59)55-35-43-69-73(47-55)77(71-45-37-51-17-3-7-25-65(51)75(69)71)57-39-31-53(32-40-57)61-23-9-11-27-67(61)68-28-12-10-24-62(68)54-33-41-58(42-34-54)78-72-46-38-52-18-4-8-26-66(52)76(72)70-44-36-56(48-74(70)78)64-30-14-20-50-16-2-6-22-60(50)64;1-3-19-53-45(15-1)17-13-27-57(53)49-35-41-63-61-25-9-11-29-65(61)69(67(63)43-49)51-37-31-47(32-38-51)55-21-5-7-23-59(55)60-24-8-6-22-56(60)48-33-39-52(40-34-48)70-66-30-12-10-26-62(66)64-42-36-50(44-68(64)70)58-28-14-18-46-16-2-4-20-54(46)58/h1-48H;1-44H. The van der Waals surface area contributed by atoms with Gasteiger partial charge < -0.3 is 18.3 Å². The maximum atomic E-state index is 2.46. The normalized spacial score (nSPS) is 11.8. The quantitative estimate of drug-likeness (QED) is 0.103. The Kier molecular flexibility index (Phi) is 20.3. The van der Waals surface area contributed by atoms with Gasteiger partial charge in [-0.05, 0) is 273 Å². The number of rotatable bonds is 14. The van der Waals surface area contributed by atoms with Gasteiger partial charge in [0, 0.05) is 65.8 Å². The lowest BCUT2D eigenvalue weighted by Crippen LogP contribution is -1.95. The highest BCUT2D eigenvalue weighted by Crippen LogP contribution is 2.49. The molecule has 0 aliphatic carbocycles. The first-order valence-corrected chi connectivity index (χ1v) is 51.1. The molecule has 0 fully saturated rings. The largest absolute Gasteiger partial charge is 0.309 e. The summed E-state index contributed by atoms with van der Waals surface area (Å²) in [5, 5.41) is 25.1. The molecule has 4 aromatic heterocycles. The Bertz CT molecular complexity index is 9990. The molecule has 26 aromatic carbocycles. The van der Waals surface area contributed by atoms with Crippen LogP contribution in [0.5, 0.6) is 0 Å². The molecule has 0 atom stereocenters. The molecule has 4 heterocycles. The third-order valence-electron chi connectivity index (χ3n) is 31.1. The van der Waals surface area contributed by atoms with Crippen molar-refractivity contribution in [2.75, 3.05) is 0 Å². The van der Waals surface area contributed by atoms with Crippen molar-refractivity contribution >= 4 is 152 Å². The molecular weight excluding hydrogens is 1790 g/mol. The maximum absolute atomic E-state index is 2.46. The van der Waals surface area contributed by atoms with Crippen LogP contribution in [0.4, 0.5) is 0 Å². The van der Waals surface area contributed by atoms with Gasteiger partial charge in [0.1, 0.15) is 0 Å². The number of nitrogens with zero attached hydrogens (tertiary/aromatic N) is 4. The predicted molar refractivity (Wildman–Crippen MR) is 630 cm³/mol. The van der Waals surface area contributed by atoms with Gasteiger partial charge in [-0.2, -0.15) is 0 Å². The summed E-state index contributed by atoms with van der Waals surface area (Å²) >= 11 is 0. The van der Waals surface area contributed by atoms with Gasteiger partial charge in [-0.3, -0.25) is 0 Å². The highest BCUT2D eigenvalue weighted by atomic mass is 15.0. The Labute approximate surface area is 856 Å². The van der Waals surface area contributed by atoms with Gasteiger partial charge in [-0.1, -0.05) is 461 Å². The summed E-state index contributed by atoms with van der Waals surface area (Å²) < 4.78 is 9.78. The Morgan fingerprint density at radius 2 is 0.284 bits per heavy atom. The molecule has 0 bridgehead atoms. The fourth-order valence-corrected chi connectivity index (χ4v) is 24.2. The van der Waals surface area contributed by atoms with E-state index in [1.165, 1.54) is 263 Å². The van der Waals surface area contributed by atoms with Crippen LogP contribution in [0, 0.1) is 0 Å². The number of benzene rings is 26. The average molecular weight is 1880 g/mol. The first-order chi connectivity index (χ1) is 73.4. The molecule has 0 unspecified atom stereocenters. The summed E-state index contributed by atoms with van der Waals surface area (Å²) in [7, 11) is 0. The lowest BCUT2D eigenvalue weighted by atomic mass is 9.89. The molecule has 0 aliphatic rings. The summed E-state index contributed by atoms with van der Waals surface area (Å²) in [6.07, 6.45) is 0. The van der Waals surface area contributed by atoms with Crippen molar-refractivity contribution in [3.05, 3.63) is 558 Å². The van der Waals surface area contributed by atoms with Gasteiger partial charge in [0.05, 0.1) is 44.1 Å². The molecule has 30 rings (SSSR count). The van der Waals surface area contributed by atoms with Gasteiger partial charge in [-0.15, -0.1) is 0 Å². The summed E-state index contributed by atoms with van der Waals surface area (Å²) in [5.41, 5.74) is 38.2. The van der Waals surface area contributed by atoms with E-state index in [2.05, 4.69) is 576 Å². The molecular formula is C144H92N4. The van der Waals surface area contributed by atoms with Crippen molar-refractivity contribution in [1.82, 2.24) is 18.3 Å². The number of aromatic nitrogens is 4. The van der Waals surface area contributed by atoms with Gasteiger partial charge in [0.25, 0.3) is 0 Å². The van der Waals surface area contributed by atoms with E-state index in [9.17, 15) is 0 Å². The van der Waals surface area contributed by atoms with Gasteiger partial charge >= 0.3 is 0 Å². The fraction of sp³-hybridized carbons (Fsp3) is 0. The first-order valence-electron chi connectivity index (χ1n) is 51.1. The third-order valence-corrected chi connectivity index (χ3v) is 31.1. The van der Waals surface area contributed by atoms with E-state index in [1.54, 1.807) is 0 Å². The van der Waals surface area contributed by atoms with E-state index in [-0.39, 0.29) is 0 Å². The highest BCUT2D eigenvalue weighted by molar-refractivity contribution is 6.24. The SMILES string of the molecule is c1ccc(-c2ccccc2-c2ccc(-n3c4cc(-c5cccc6ccccc56)ccc4c4c5ccccc5ccc43)cc2)c(-c2ccc(-n3c4cc(-c5cccc6ccccc56)ccc4c4c5ccccc5ccc43)cc2)c1.c1ccc(-c2ccccc2-c2ccc(-n3c4ccccc4c4ccc(-c5cccc6ccccc56)cc43)cc2)c(-c2ccc(-n3c4ccccc4c4ccc(-c5cccc6ccccc56)cc43)cc2)c1. The van der Waals surface area contributed by atoms with Crippen molar-refractivity contribution in [3.63, 3.8) is 0 Å². The van der Waals surface area contributed by atoms with Crippen molar-refractivity contribution in [1.29, 1.82) is 0 Å². The molecule has 0 saturated heterocycles. The molecule has 0 amide bonds. The summed E-state index contributed by atoms with van der Waals surface area (Å²) in [4.78, 5) is 0. The van der Waals surface area contributed by atoms with Gasteiger partial charge in [0.2, 0.25) is 0 Å². The second-order valence-corrected chi connectivity index (χ2v) is 39.1. The van der Waals surface area contributed by atoms with E-state index < -0.39 is 0 Å². The Hall–Kier alpha value is -19.5. The van der Waals surface area contributed by atoms with Crippen molar-refractivity contribution in [2.24, 2.45) is 0 Å². The molecule has 148 heavy (non-hydrogen) atoms. The molecule has 0 saturated carbocycles. The molecule has 0 radical (unpaired) electrons. The zero-order valence-electron chi connectivity index (χ0n) is 80.9. The molecule has 4 heteroatoms. The molecule has 30 aromatic rings. The maximum Gasteiger partial charge on any atom is 0.0547 e. The van der Waals surface area contributed by atoms with Crippen LogP contribution >= 0.6 is 0 Å². The number of fused-ring (bicyclic) bond motifs is 20. The molecule has 0 aliphatic heterocycles. The smallest absolute Gasteiger partial charge is 0.0547 e. The fourth-order valence-electron chi connectivity index (χ4n) is 24.2. The van der Waals surface area contributed by atoms with Crippen LogP contribution in [-0.4, -0.2) is 18.3 Å². The minimum Gasteiger partial charge on any atom is -0.309 e. The van der Waals surface area contributed by atoms with E-state index in [4.69, 9.17) is 0 Å². The summed E-state index contributed by atoms with van der Waals surface area (Å²) in [6, 6.07) is 206. The third kappa shape index (κ3) is 14.2. The van der Waals surface area contributed by atoms with Crippen LogP contribution in [0.25, 0.3) is 286 Å². The van der Waals surface area contributed by atoms with E-state index in [0.29, 0.717) is 0 Å². The second-order valence-electron chi connectivity index (χ2n) is 39.1. The van der Waals surface area contributed by atoms with Gasteiger partial charge in [-0.25, -0.2) is 0 Å². The number of hydrogen-bond acceptors (Lipinski definition) is 0. The monoisotopic (exact) mass is 1880 g/mol. The molecule has 4 nitrogen and oxygen atoms in total. The van der Waals surface area contributed by atoms with Gasteiger partial charge in [0.15, 0.2) is 0 Å².